The lowest BCUT2D eigenvalue weighted by molar-refractivity contribution is 0.0595. The van der Waals surface area contributed by atoms with Crippen LogP contribution in [-0.4, -0.2) is 36.3 Å². The Morgan fingerprint density at radius 2 is 2.29 bits per heavy atom. The largest absolute Gasteiger partial charge is 0.381 e. The van der Waals surface area contributed by atoms with Gasteiger partial charge in [0.2, 0.25) is 5.95 Å². The van der Waals surface area contributed by atoms with E-state index in [-0.39, 0.29) is 0 Å². The molecule has 1 atom stereocenters. The van der Waals surface area contributed by atoms with Crippen molar-refractivity contribution in [3.63, 3.8) is 0 Å². The molecular weight excluding hydrogens is 284 g/mol. The summed E-state index contributed by atoms with van der Waals surface area (Å²) >= 11 is 1.71. The highest BCUT2D eigenvalue weighted by molar-refractivity contribution is 7.18. The van der Waals surface area contributed by atoms with E-state index in [9.17, 15) is 0 Å². The Morgan fingerprint density at radius 3 is 3.05 bits per heavy atom. The van der Waals surface area contributed by atoms with Gasteiger partial charge in [-0.1, -0.05) is 0 Å². The van der Waals surface area contributed by atoms with Crippen molar-refractivity contribution in [2.75, 3.05) is 36.9 Å². The van der Waals surface area contributed by atoms with E-state index in [1.807, 2.05) is 0 Å². The van der Waals surface area contributed by atoms with Gasteiger partial charge in [-0.25, -0.2) is 4.98 Å². The molecule has 0 amide bonds. The first-order valence-corrected chi connectivity index (χ1v) is 8.41. The van der Waals surface area contributed by atoms with Crippen molar-refractivity contribution in [2.24, 2.45) is 5.92 Å². The highest BCUT2D eigenvalue weighted by atomic mass is 32.1. The first-order valence-electron chi connectivity index (χ1n) is 7.60. The summed E-state index contributed by atoms with van der Waals surface area (Å²) in [6.45, 7) is 7.66. The van der Waals surface area contributed by atoms with Crippen molar-refractivity contribution in [1.29, 1.82) is 0 Å². The lowest BCUT2D eigenvalue weighted by atomic mass is 10.0. The Labute approximate surface area is 129 Å². The second-order valence-electron chi connectivity index (χ2n) is 5.47. The molecule has 1 fully saturated rings. The number of aryl methyl sites for hydroxylation is 1. The maximum Gasteiger partial charge on any atom is 0.226 e. The van der Waals surface area contributed by atoms with Gasteiger partial charge in [0.05, 0.1) is 12.0 Å². The molecule has 3 rings (SSSR count). The quantitative estimate of drug-likeness (QED) is 0.888. The Kier molecular flexibility index (Phi) is 4.55. The molecule has 6 heteroatoms. The van der Waals surface area contributed by atoms with Gasteiger partial charge in [-0.15, -0.1) is 11.3 Å². The molecule has 0 aliphatic carbocycles. The van der Waals surface area contributed by atoms with E-state index in [2.05, 4.69) is 40.5 Å². The molecule has 114 valence electrons. The van der Waals surface area contributed by atoms with Crippen molar-refractivity contribution in [3.8, 4) is 0 Å². The van der Waals surface area contributed by atoms with Crippen LogP contribution in [0.3, 0.4) is 0 Å². The van der Waals surface area contributed by atoms with Crippen LogP contribution in [0.2, 0.25) is 0 Å². The molecule has 1 unspecified atom stereocenters. The van der Waals surface area contributed by atoms with Gasteiger partial charge < -0.3 is 15.4 Å². The van der Waals surface area contributed by atoms with Crippen LogP contribution in [0.15, 0.2) is 6.07 Å². The van der Waals surface area contributed by atoms with Crippen molar-refractivity contribution in [1.82, 2.24) is 9.97 Å². The minimum Gasteiger partial charge on any atom is -0.381 e. The van der Waals surface area contributed by atoms with Crippen LogP contribution in [0.4, 0.5) is 11.8 Å². The molecule has 3 heterocycles. The minimum absolute atomic E-state index is 0.575. The number of ether oxygens (including phenoxy) is 1. The predicted molar refractivity (Wildman–Crippen MR) is 88.3 cm³/mol. The normalized spacial score (nSPS) is 18.9. The summed E-state index contributed by atoms with van der Waals surface area (Å²) in [4.78, 5) is 11.5. The van der Waals surface area contributed by atoms with E-state index >= 15 is 0 Å². The molecule has 0 saturated carbocycles. The number of fused-ring (bicyclic) bond motifs is 1. The van der Waals surface area contributed by atoms with E-state index in [0.29, 0.717) is 11.9 Å². The zero-order chi connectivity index (χ0) is 14.7. The zero-order valence-corrected chi connectivity index (χ0v) is 13.4. The second kappa shape index (κ2) is 6.58. The maximum atomic E-state index is 5.54. The highest BCUT2D eigenvalue weighted by Crippen LogP contribution is 2.30. The fraction of sp³-hybridized carbons (Fsp3) is 0.600. The van der Waals surface area contributed by atoms with Crippen LogP contribution in [0.1, 0.15) is 24.6 Å². The number of aromatic nitrogens is 2. The number of thiophene rings is 1. The number of anilines is 2. The first-order chi connectivity index (χ1) is 10.3. The van der Waals surface area contributed by atoms with Gasteiger partial charge in [-0.3, -0.25) is 0 Å². The van der Waals surface area contributed by atoms with Crippen molar-refractivity contribution >= 4 is 33.3 Å². The van der Waals surface area contributed by atoms with Crippen LogP contribution in [-0.2, 0) is 4.74 Å². The molecule has 0 bridgehead atoms. The van der Waals surface area contributed by atoms with Crippen molar-refractivity contribution < 1.29 is 4.74 Å². The van der Waals surface area contributed by atoms with E-state index in [1.54, 1.807) is 11.3 Å². The lowest BCUT2D eigenvalue weighted by Crippen LogP contribution is -2.24. The summed E-state index contributed by atoms with van der Waals surface area (Å²) in [5.41, 5.74) is 0. The average molecular weight is 306 g/mol. The molecule has 1 aliphatic rings. The van der Waals surface area contributed by atoms with Crippen molar-refractivity contribution in [3.05, 3.63) is 10.9 Å². The van der Waals surface area contributed by atoms with Crippen LogP contribution < -0.4 is 10.6 Å². The third-order valence-electron chi connectivity index (χ3n) is 3.66. The summed E-state index contributed by atoms with van der Waals surface area (Å²) in [7, 11) is 0. The van der Waals surface area contributed by atoms with Crippen molar-refractivity contribution in [2.45, 2.75) is 26.7 Å². The monoisotopic (exact) mass is 306 g/mol. The molecule has 0 spiro atoms. The third kappa shape index (κ3) is 3.44. The Bertz CT molecular complexity index is 607. The number of hydrogen-bond acceptors (Lipinski definition) is 6. The average Bonchev–Trinajstić information content (AvgIpc) is 2.86. The summed E-state index contributed by atoms with van der Waals surface area (Å²) in [6, 6.07) is 2.16. The van der Waals surface area contributed by atoms with Crippen LogP contribution in [0, 0.1) is 12.8 Å². The standard InChI is InChI=1S/C15H22N4OS/c1-3-16-15-18-13(12-7-10(2)21-14(12)19-15)17-8-11-5-4-6-20-9-11/h7,11H,3-6,8-9H2,1-2H3,(H2,16,17,18,19). The molecule has 2 N–H and O–H groups in total. The highest BCUT2D eigenvalue weighted by Gasteiger charge is 2.15. The molecule has 1 aliphatic heterocycles. The van der Waals surface area contributed by atoms with Crippen LogP contribution in [0.25, 0.3) is 10.2 Å². The molecule has 0 aromatic carbocycles. The third-order valence-corrected chi connectivity index (χ3v) is 4.61. The number of nitrogens with zero attached hydrogens (tertiary/aromatic N) is 2. The number of nitrogens with one attached hydrogen (secondary N) is 2. The minimum atomic E-state index is 0.575. The van der Waals surface area contributed by atoms with Crippen LogP contribution in [0.5, 0.6) is 0 Å². The van der Waals surface area contributed by atoms with Gasteiger partial charge in [0.15, 0.2) is 0 Å². The van der Waals surface area contributed by atoms with Gasteiger partial charge >= 0.3 is 0 Å². The summed E-state index contributed by atoms with van der Waals surface area (Å²) in [5, 5.41) is 7.83. The molecule has 0 radical (unpaired) electrons. The van der Waals surface area contributed by atoms with E-state index < -0.39 is 0 Å². The van der Waals surface area contributed by atoms with Gasteiger partial charge in [0.1, 0.15) is 10.6 Å². The van der Waals surface area contributed by atoms with E-state index in [0.717, 1.165) is 48.8 Å². The zero-order valence-electron chi connectivity index (χ0n) is 12.6. The lowest BCUT2D eigenvalue weighted by Gasteiger charge is -2.22. The Morgan fingerprint density at radius 1 is 1.38 bits per heavy atom. The molecular formula is C15H22N4OS. The SMILES string of the molecule is CCNc1nc(NCC2CCCOC2)c2cc(C)sc2n1. The van der Waals surface area contributed by atoms with Gasteiger partial charge in [-0.2, -0.15) is 4.98 Å². The van der Waals surface area contributed by atoms with Gasteiger partial charge in [0.25, 0.3) is 0 Å². The number of hydrogen-bond donors (Lipinski definition) is 2. The fourth-order valence-electron chi connectivity index (χ4n) is 2.62. The van der Waals surface area contributed by atoms with Gasteiger partial charge in [-0.05, 0) is 38.7 Å². The summed E-state index contributed by atoms with van der Waals surface area (Å²) < 4.78 is 5.54. The number of rotatable bonds is 5. The maximum absolute atomic E-state index is 5.54. The molecule has 2 aromatic heterocycles. The topological polar surface area (TPSA) is 59.1 Å². The van der Waals surface area contributed by atoms with Gasteiger partial charge in [0, 0.05) is 24.6 Å². The molecule has 2 aromatic rings. The van der Waals surface area contributed by atoms with Crippen LogP contribution >= 0.6 is 11.3 Å². The summed E-state index contributed by atoms with van der Waals surface area (Å²) in [5.74, 6) is 2.21. The molecule has 5 nitrogen and oxygen atoms in total. The fourth-order valence-corrected chi connectivity index (χ4v) is 3.50. The Balaban J connectivity index is 1.81. The van der Waals surface area contributed by atoms with E-state index in [1.165, 1.54) is 11.3 Å². The predicted octanol–water partition coefficient (Wildman–Crippen LogP) is 3.27. The molecule has 21 heavy (non-hydrogen) atoms. The second-order valence-corrected chi connectivity index (χ2v) is 6.70. The summed E-state index contributed by atoms with van der Waals surface area (Å²) in [6.07, 6.45) is 2.38. The Hall–Kier alpha value is -1.40. The van der Waals surface area contributed by atoms with E-state index in [4.69, 9.17) is 4.74 Å². The molecule has 1 saturated heterocycles. The first kappa shape index (κ1) is 14.5. The smallest absolute Gasteiger partial charge is 0.226 e.